The second-order valence-corrected chi connectivity index (χ2v) is 8.96. The summed E-state index contributed by atoms with van der Waals surface area (Å²) in [6.07, 6.45) is 7.19. The lowest BCUT2D eigenvalue weighted by molar-refractivity contribution is -0.135. The van der Waals surface area contributed by atoms with E-state index in [1.165, 1.54) is 0 Å². The number of rotatable bonds is 4. The lowest BCUT2D eigenvalue weighted by Crippen LogP contribution is -2.39. The van der Waals surface area contributed by atoms with E-state index in [1.54, 1.807) is 6.20 Å². The predicted octanol–water partition coefficient (Wildman–Crippen LogP) is 3.68. The van der Waals surface area contributed by atoms with Gasteiger partial charge in [-0.25, -0.2) is 9.50 Å². The van der Waals surface area contributed by atoms with Crippen LogP contribution in [0, 0.1) is 6.92 Å². The van der Waals surface area contributed by atoms with Crippen molar-refractivity contribution in [2.24, 2.45) is 0 Å². The highest BCUT2D eigenvalue weighted by Gasteiger charge is 2.30. The SMILES string of the molecule is Cc1ccnn1CCC(=O)N1CCCC[C@@H]1c1ccnc2cc(C(C)(C)C)nn12. The first-order valence-electron chi connectivity index (χ1n) is 10.5. The molecule has 1 aliphatic rings. The van der Waals surface area contributed by atoms with Crippen molar-refractivity contribution in [1.82, 2.24) is 29.3 Å². The summed E-state index contributed by atoms with van der Waals surface area (Å²) in [5.41, 5.74) is 3.94. The Balaban J connectivity index is 1.61. The van der Waals surface area contributed by atoms with Crippen LogP contribution in [-0.2, 0) is 16.8 Å². The number of carbonyl (C=O) groups is 1. The molecule has 0 radical (unpaired) electrons. The van der Waals surface area contributed by atoms with Gasteiger partial charge in [-0.15, -0.1) is 0 Å². The average molecular weight is 395 g/mol. The van der Waals surface area contributed by atoms with E-state index < -0.39 is 0 Å². The summed E-state index contributed by atoms with van der Waals surface area (Å²) < 4.78 is 3.83. The Labute approximate surface area is 171 Å². The molecule has 4 rings (SSSR count). The van der Waals surface area contributed by atoms with Crippen molar-refractivity contribution in [2.45, 2.75) is 71.4 Å². The van der Waals surface area contributed by atoms with Gasteiger partial charge >= 0.3 is 0 Å². The third-order valence-corrected chi connectivity index (χ3v) is 5.79. The number of likely N-dealkylation sites (tertiary alicyclic amines) is 1. The van der Waals surface area contributed by atoms with Gasteiger partial charge in [-0.05, 0) is 38.3 Å². The summed E-state index contributed by atoms with van der Waals surface area (Å²) in [5.74, 6) is 0.178. The monoisotopic (exact) mass is 394 g/mol. The first-order chi connectivity index (χ1) is 13.8. The molecule has 1 amide bonds. The van der Waals surface area contributed by atoms with Crippen molar-refractivity contribution in [3.63, 3.8) is 0 Å². The number of hydrogen-bond donors (Lipinski definition) is 0. The fraction of sp³-hybridized carbons (Fsp3) is 0.545. The average Bonchev–Trinajstić information content (AvgIpc) is 3.31. The molecule has 1 aliphatic heterocycles. The Bertz CT molecular complexity index is 1010. The maximum atomic E-state index is 13.1. The van der Waals surface area contributed by atoms with Crippen molar-refractivity contribution in [1.29, 1.82) is 0 Å². The molecule has 0 unspecified atom stereocenters. The highest BCUT2D eigenvalue weighted by atomic mass is 16.2. The smallest absolute Gasteiger partial charge is 0.224 e. The van der Waals surface area contributed by atoms with Gasteiger partial charge in [0.2, 0.25) is 5.91 Å². The highest BCUT2D eigenvalue weighted by Crippen LogP contribution is 2.32. The minimum absolute atomic E-state index is 0.0354. The van der Waals surface area contributed by atoms with Crippen LogP contribution in [0.15, 0.2) is 30.6 Å². The molecule has 7 nitrogen and oxygen atoms in total. The maximum absolute atomic E-state index is 13.1. The molecule has 0 spiro atoms. The van der Waals surface area contributed by atoms with Gasteiger partial charge in [-0.3, -0.25) is 9.48 Å². The van der Waals surface area contributed by atoms with E-state index in [-0.39, 0.29) is 17.4 Å². The fourth-order valence-electron chi connectivity index (χ4n) is 4.05. The lowest BCUT2D eigenvalue weighted by Gasteiger charge is -2.36. The van der Waals surface area contributed by atoms with Crippen LogP contribution in [0.2, 0.25) is 0 Å². The summed E-state index contributed by atoms with van der Waals surface area (Å²) in [7, 11) is 0. The molecule has 1 atom stereocenters. The zero-order valence-corrected chi connectivity index (χ0v) is 17.8. The standard InChI is InChI=1S/C22H30N6O/c1-16-8-12-24-27(16)14-10-21(29)26-13-6-5-7-17(26)18-9-11-23-20-15-19(22(2,3)4)25-28(18)20/h8-9,11-12,15,17H,5-7,10,13-14H2,1-4H3/t17-/m1/s1. The van der Waals surface area contributed by atoms with E-state index in [4.69, 9.17) is 5.10 Å². The van der Waals surface area contributed by atoms with Gasteiger partial charge in [0.25, 0.3) is 0 Å². The number of piperidine rings is 1. The Morgan fingerprint density at radius 3 is 2.76 bits per heavy atom. The molecule has 0 bridgehead atoms. The Hall–Kier alpha value is -2.70. The molecule has 154 valence electrons. The van der Waals surface area contributed by atoms with Gasteiger partial charge in [-0.2, -0.15) is 10.2 Å². The summed E-state index contributed by atoms with van der Waals surface area (Å²) in [4.78, 5) is 19.7. The second-order valence-electron chi connectivity index (χ2n) is 8.96. The van der Waals surface area contributed by atoms with Gasteiger partial charge in [0, 0.05) is 49.1 Å². The van der Waals surface area contributed by atoms with Crippen molar-refractivity contribution >= 4 is 11.6 Å². The van der Waals surface area contributed by atoms with Gasteiger partial charge in [0.1, 0.15) is 0 Å². The fourth-order valence-corrected chi connectivity index (χ4v) is 4.05. The minimum Gasteiger partial charge on any atom is -0.334 e. The zero-order valence-electron chi connectivity index (χ0n) is 17.8. The Morgan fingerprint density at radius 2 is 2.03 bits per heavy atom. The number of hydrogen-bond acceptors (Lipinski definition) is 4. The molecule has 3 aromatic rings. The summed E-state index contributed by atoms with van der Waals surface area (Å²) in [5, 5.41) is 9.15. The van der Waals surface area contributed by atoms with Gasteiger partial charge in [-0.1, -0.05) is 20.8 Å². The summed E-state index contributed by atoms with van der Waals surface area (Å²) in [6.45, 7) is 9.88. The molecule has 4 heterocycles. The van der Waals surface area contributed by atoms with Crippen LogP contribution in [0.5, 0.6) is 0 Å². The van der Waals surface area contributed by atoms with Crippen molar-refractivity contribution in [2.75, 3.05) is 6.54 Å². The van der Waals surface area contributed by atoms with Crippen LogP contribution in [0.1, 0.15) is 69.6 Å². The highest BCUT2D eigenvalue weighted by molar-refractivity contribution is 5.76. The van der Waals surface area contributed by atoms with E-state index >= 15 is 0 Å². The third kappa shape index (κ3) is 3.91. The van der Waals surface area contributed by atoms with Gasteiger partial charge in [0.15, 0.2) is 5.65 Å². The number of carbonyl (C=O) groups excluding carboxylic acids is 1. The lowest BCUT2D eigenvalue weighted by atomic mass is 9.93. The van der Waals surface area contributed by atoms with Crippen LogP contribution in [0.3, 0.4) is 0 Å². The van der Waals surface area contributed by atoms with Crippen molar-refractivity contribution in [3.8, 4) is 0 Å². The molecule has 29 heavy (non-hydrogen) atoms. The zero-order chi connectivity index (χ0) is 20.6. The van der Waals surface area contributed by atoms with E-state index in [9.17, 15) is 4.79 Å². The number of fused-ring (bicyclic) bond motifs is 1. The van der Waals surface area contributed by atoms with E-state index in [2.05, 4.69) is 36.9 Å². The number of nitrogens with zero attached hydrogens (tertiary/aromatic N) is 6. The van der Waals surface area contributed by atoms with E-state index in [0.717, 1.165) is 48.5 Å². The van der Waals surface area contributed by atoms with E-state index in [0.29, 0.717) is 13.0 Å². The molecule has 7 heteroatoms. The van der Waals surface area contributed by atoms with Crippen molar-refractivity contribution < 1.29 is 4.79 Å². The maximum Gasteiger partial charge on any atom is 0.224 e. The molecular formula is C22H30N6O. The quantitative estimate of drug-likeness (QED) is 0.677. The van der Waals surface area contributed by atoms with Crippen LogP contribution < -0.4 is 0 Å². The largest absolute Gasteiger partial charge is 0.334 e. The number of amides is 1. The molecule has 1 fully saturated rings. The van der Waals surface area contributed by atoms with Crippen LogP contribution in [0.25, 0.3) is 5.65 Å². The van der Waals surface area contributed by atoms with Gasteiger partial charge < -0.3 is 4.90 Å². The number of aromatic nitrogens is 5. The molecule has 3 aromatic heterocycles. The normalized spacial score (nSPS) is 17.8. The minimum atomic E-state index is -0.0470. The van der Waals surface area contributed by atoms with Gasteiger partial charge in [0.05, 0.1) is 17.4 Å². The Morgan fingerprint density at radius 1 is 1.21 bits per heavy atom. The predicted molar refractivity (Wildman–Crippen MR) is 112 cm³/mol. The first kappa shape index (κ1) is 19.6. The van der Waals surface area contributed by atoms with Crippen LogP contribution in [0.4, 0.5) is 0 Å². The summed E-state index contributed by atoms with van der Waals surface area (Å²) >= 11 is 0. The van der Waals surface area contributed by atoms with Crippen LogP contribution >= 0.6 is 0 Å². The molecule has 0 N–H and O–H groups in total. The van der Waals surface area contributed by atoms with Crippen LogP contribution in [-0.4, -0.2) is 41.7 Å². The molecule has 0 saturated carbocycles. The molecular weight excluding hydrogens is 364 g/mol. The first-order valence-corrected chi connectivity index (χ1v) is 10.5. The third-order valence-electron chi connectivity index (χ3n) is 5.79. The number of aryl methyl sites for hydroxylation is 2. The topological polar surface area (TPSA) is 68.3 Å². The van der Waals surface area contributed by atoms with Crippen molar-refractivity contribution in [3.05, 3.63) is 47.7 Å². The molecule has 1 saturated heterocycles. The molecule has 0 aliphatic carbocycles. The molecule has 0 aromatic carbocycles. The second kappa shape index (κ2) is 7.61. The summed E-state index contributed by atoms with van der Waals surface area (Å²) in [6, 6.07) is 6.07. The van der Waals surface area contributed by atoms with E-state index in [1.807, 2.05) is 39.4 Å². The Kier molecular flexibility index (Phi) is 5.15.